The van der Waals surface area contributed by atoms with Crippen LogP contribution in [0, 0.1) is 5.92 Å². The summed E-state index contributed by atoms with van der Waals surface area (Å²) in [5.41, 5.74) is 6.23. The zero-order valence-electron chi connectivity index (χ0n) is 8.73. The van der Waals surface area contributed by atoms with Gasteiger partial charge in [-0.3, -0.25) is 4.98 Å². The van der Waals surface area contributed by atoms with Gasteiger partial charge in [-0.25, -0.2) is 4.98 Å². The maximum absolute atomic E-state index is 5.43. The fraction of sp³-hybridized carbons (Fsp3) is 0.600. The number of hydrogen-bond donors (Lipinski definition) is 1. The van der Waals surface area contributed by atoms with E-state index in [0.29, 0.717) is 18.3 Å². The molecule has 4 heteroatoms. The molecule has 0 saturated heterocycles. The first-order chi connectivity index (χ1) is 6.68. The molecule has 1 aromatic heterocycles. The molecule has 0 saturated carbocycles. The summed E-state index contributed by atoms with van der Waals surface area (Å²) < 4.78 is 5.43. The maximum atomic E-state index is 5.43. The molecule has 14 heavy (non-hydrogen) atoms. The van der Waals surface area contributed by atoms with Gasteiger partial charge >= 0.3 is 0 Å². The second kappa shape index (κ2) is 5.54. The van der Waals surface area contributed by atoms with Crippen molar-refractivity contribution < 1.29 is 4.74 Å². The number of anilines is 1. The van der Waals surface area contributed by atoms with E-state index in [4.69, 9.17) is 10.5 Å². The number of aromatic nitrogens is 2. The average Bonchev–Trinajstić information content (AvgIpc) is 2.15. The van der Waals surface area contributed by atoms with Crippen molar-refractivity contribution in [2.45, 2.75) is 26.9 Å². The van der Waals surface area contributed by atoms with Crippen molar-refractivity contribution in [3.8, 4) is 0 Å². The minimum absolute atomic E-state index is 0.441. The van der Waals surface area contributed by atoms with Gasteiger partial charge in [0.25, 0.3) is 0 Å². The Balaban J connectivity index is 2.21. The van der Waals surface area contributed by atoms with Crippen molar-refractivity contribution in [3.05, 3.63) is 18.1 Å². The number of nitrogens with zero attached hydrogens (tertiary/aromatic N) is 2. The first-order valence-electron chi connectivity index (χ1n) is 4.82. The van der Waals surface area contributed by atoms with Gasteiger partial charge in [0.05, 0.1) is 24.7 Å². The number of nitrogens with two attached hydrogens (primary N) is 1. The molecule has 0 fully saturated rings. The number of nitrogen functional groups attached to an aromatic ring is 1. The molecule has 1 rings (SSSR count). The van der Waals surface area contributed by atoms with Gasteiger partial charge in [0.1, 0.15) is 5.82 Å². The SMILES string of the molecule is CC(C)CCOCc1cnc(N)cn1. The summed E-state index contributed by atoms with van der Waals surface area (Å²) in [5, 5.41) is 0. The molecular formula is C10H17N3O. The Morgan fingerprint density at radius 3 is 2.71 bits per heavy atom. The summed E-state index contributed by atoms with van der Waals surface area (Å²) >= 11 is 0. The van der Waals surface area contributed by atoms with Crippen molar-refractivity contribution in [1.29, 1.82) is 0 Å². The lowest BCUT2D eigenvalue weighted by Crippen LogP contribution is -2.02. The van der Waals surface area contributed by atoms with Crippen LogP contribution < -0.4 is 5.73 Å². The number of ether oxygens (including phenoxy) is 1. The molecule has 0 aliphatic heterocycles. The van der Waals surface area contributed by atoms with Crippen LogP contribution >= 0.6 is 0 Å². The van der Waals surface area contributed by atoms with Gasteiger partial charge in [-0.05, 0) is 12.3 Å². The highest BCUT2D eigenvalue weighted by Crippen LogP contribution is 2.02. The van der Waals surface area contributed by atoms with Crippen LogP contribution in [0.5, 0.6) is 0 Å². The van der Waals surface area contributed by atoms with Crippen LogP contribution in [0.1, 0.15) is 26.0 Å². The molecule has 1 heterocycles. The van der Waals surface area contributed by atoms with E-state index in [0.717, 1.165) is 18.7 Å². The molecule has 1 aromatic rings. The maximum Gasteiger partial charge on any atom is 0.141 e. The van der Waals surface area contributed by atoms with E-state index >= 15 is 0 Å². The molecule has 0 spiro atoms. The molecule has 0 aliphatic carbocycles. The monoisotopic (exact) mass is 195 g/mol. The lowest BCUT2D eigenvalue weighted by molar-refractivity contribution is 0.108. The van der Waals surface area contributed by atoms with Crippen molar-refractivity contribution in [2.75, 3.05) is 12.3 Å². The van der Waals surface area contributed by atoms with Crippen LogP contribution in [0.25, 0.3) is 0 Å². The van der Waals surface area contributed by atoms with E-state index in [1.54, 1.807) is 12.4 Å². The first kappa shape index (κ1) is 10.9. The van der Waals surface area contributed by atoms with E-state index < -0.39 is 0 Å². The number of hydrogen-bond acceptors (Lipinski definition) is 4. The molecule has 0 radical (unpaired) electrons. The topological polar surface area (TPSA) is 61.0 Å². The summed E-state index contributed by atoms with van der Waals surface area (Å²) in [5.74, 6) is 1.11. The van der Waals surface area contributed by atoms with Crippen LogP contribution in [0.3, 0.4) is 0 Å². The standard InChI is InChI=1S/C10H17N3O/c1-8(2)3-4-14-7-9-5-13-10(11)6-12-9/h5-6,8H,3-4,7H2,1-2H3,(H2,11,13). The summed E-state index contributed by atoms with van der Waals surface area (Å²) in [4.78, 5) is 8.01. The highest BCUT2D eigenvalue weighted by atomic mass is 16.5. The molecule has 2 N–H and O–H groups in total. The predicted molar refractivity (Wildman–Crippen MR) is 55.6 cm³/mol. The zero-order valence-corrected chi connectivity index (χ0v) is 8.73. The van der Waals surface area contributed by atoms with Gasteiger partial charge in [0.15, 0.2) is 0 Å². The molecule has 0 bridgehead atoms. The molecule has 0 aromatic carbocycles. The third kappa shape index (κ3) is 4.18. The molecule has 0 atom stereocenters. The van der Waals surface area contributed by atoms with E-state index in [2.05, 4.69) is 23.8 Å². The normalized spacial score (nSPS) is 10.8. The van der Waals surface area contributed by atoms with Crippen LogP contribution in [-0.2, 0) is 11.3 Å². The zero-order chi connectivity index (χ0) is 10.4. The molecule has 0 unspecified atom stereocenters. The van der Waals surface area contributed by atoms with Gasteiger partial charge in [0, 0.05) is 6.61 Å². The van der Waals surface area contributed by atoms with E-state index in [1.165, 1.54) is 0 Å². The van der Waals surface area contributed by atoms with Crippen molar-refractivity contribution in [3.63, 3.8) is 0 Å². The van der Waals surface area contributed by atoms with Crippen LogP contribution in [0.4, 0.5) is 5.82 Å². The molecular weight excluding hydrogens is 178 g/mol. The summed E-state index contributed by atoms with van der Waals surface area (Å²) in [6.45, 7) is 5.63. The Morgan fingerprint density at radius 2 is 2.14 bits per heavy atom. The molecule has 0 aliphatic rings. The smallest absolute Gasteiger partial charge is 0.141 e. The summed E-state index contributed by atoms with van der Waals surface area (Å²) in [6.07, 6.45) is 4.26. The molecule has 78 valence electrons. The van der Waals surface area contributed by atoms with Gasteiger partial charge in [0.2, 0.25) is 0 Å². The van der Waals surface area contributed by atoms with Gasteiger partial charge < -0.3 is 10.5 Å². The highest BCUT2D eigenvalue weighted by molar-refractivity contribution is 5.22. The Hall–Kier alpha value is -1.16. The largest absolute Gasteiger partial charge is 0.382 e. The third-order valence-corrected chi connectivity index (χ3v) is 1.81. The molecule has 4 nitrogen and oxygen atoms in total. The summed E-state index contributed by atoms with van der Waals surface area (Å²) in [7, 11) is 0. The van der Waals surface area contributed by atoms with Gasteiger partial charge in [-0.2, -0.15) is 0 Å². The lowest BCUT2D eigenvalue weighted by Gasteiger charge is -2.05. The lowest BCUT2D eigenvalue weighted by atomic mass is 10.1. The van der Waals surface area contributed by atoms with E-state index in [9.17, 15) is 0 Å². The van der Waals surface area contributed by atoms with E-state index in [1.807, 2.05) is 0 Å². The van der Waals surface area contributed by atoms with Gasteiger partial charge in [-0.1, -0.05) is 13.8 Å². The first-order valence-corrected chi connectivity index (χ1v) is 4.82. The predicted octanol–water partition coefficient (Wildman–Crippen LogP) is 1.62. The van der Waals surface area contributed by atoms with Crippen LogP contribution in [0.2, 0.25) is 0 Å². The fourth-order valence-corrected chi connectivity index (χ4v) is 0.935. The third-order valence-electron chi connectivity index (χ3n) is 1.81. The van der Waals surface area contributed by atoms with Crippen molar-refractivity contribution in [2.24, 2.45) is 5.92 Å². The Kier molecular flexibility index (Phi) is 4.32. The number of rotatable bonds is 5. The van der Waals surface area contributed by atoms with Crippen LogP contribution in [-0.4, -0.2) is 16.6 Å². The Labute approximate surface area is 84.5 Å². The van der Waals surface area contributed by atoms with Crippen LogP contribution in [0.15, 0.2) is 12.4 Å². The van der Waals surface area contributed by atoms with Crippen molar-refractivity contribution in [1.82, 2.24) is 9.97 Å². The van der Waals surface area contributed by atoms with E-state index in [-0.39, 0.29) is 0 Å². The molecule has 0 amide bonds. The minimum Gasteiger partial charge on any atom is -0.382 e. The average molecular weight is 195 g/mol. The second-order valence-corrected chi connectivity index (χ2v) is 3.67. The Bertz CT molecular complexity index is 259. The minimum atomic E-state index is 0.441. The highest BCUT2D eigenvalue weighted by Gasteiger charge is 1.97. The fourth-order valence-electron chi connectivity index (χ4n) is 0.935. The Morgan fingerprint density at radius 1 is 1.36 bits per heavy atom. The summed E-state index contributed by atoms with van der Waals surface area (Å²) in [6, 6.07) is 0. The van der Waals surface area contributed by atoms with Crippen molar-refractivity contribution >= 4 is 5.82 Å². The second-order valence-electron chi connectivity index (χ2n) is 3.67. The quantitative estimate of drug-likeness (QED) is 0.725. The van der Waals surface area contributed by atoms with Gasteiger partial charge in [-0.15, -0.1) is 0 Å².